The van der Waals surface area contributed by atoms with Gasteiger partial charge in [0.15, 0.2) is 6.61 Å². The van der Waals surface area contributed by atoms with Crippen LogP contribution in [0.4, 0.5) is 5.69 Å². The van der Waals surface area contributed by atoms with Gasteiger partial charge in [-0.1, -0.05) is 41.9 Å². The molecule has 0 fully saturated rings. The molecule has 1 heterocycles. The summed E-state index contributed by atoms with van der Waals surface area (Å²) in [5.74, 6) is -1.08. The van der Waals surface area contributed by atoms with Crippen LogP contribution in [-0.4, -0.2) is 18.5 Å². The maximum Gasteiger partial charge on any atom is 0.350 e. The number of nitriles is 1. The first kappa shape index (κ1) is 17.9. The molecule has 0 saturated carbocycles. The summed E-state index contributed by atoms with van der Waals surface area (Å²) in [6.45, 7) is -0.413. The van der Waals surface area contributed by atoms with E-state index in [1.54, 1.807) is 24.3 Å². The van der Waals surface area contributed by atoms with Crippen molar-refractivity contribution in [1.29, 1.82) is 5.26 Å². The summed E-state index contributed by atoms with van der Waals surface area (Å²) in [6.07, 6.45) is 0.307. The minimum Gasteiger partial charge on any atom is -0.451 e. The number of ether oxygens (including phenoxy) is 1. The molecule has 0 aliphatic rings. The van der Waals surface area contributed by atoms with Gasteiger partial charge in [0.1, 0.15) is 4.88 Å². The van der Waals surface area contributed by atoms with Crippen LogP contribution in [0.5, 0.6) is 0 Å². The molecular weight excluding hydrogens is 372 g/mol. The lowest BCUT2D eigenvalue weighted by Crippen LogP contribution is -2.20. The molecule has 0 aliphatic carbocycles. The first-order chi connectivity index (χ1) is 12.6. The molecular formula is C19H13ClN2O3S. The van der Waals surface area contributed by atoms with E-state index in [-0.39, 0.29) is 4.88 Å². The average Bonchev–Trinajstić information content (AvgIpc) is 2.99. The van der Waals surface area contributed by atoms with E-state index in [0.29, 0.717) is 17.1 Å². The van der Waals surface area contributed by atoms with Crippen LogP contribution in [0.15, 0.2) is 48.5 Å². The van der Waals surface area contributed by atoms with Gasteiger partial charge in [0, 0.05) is 15.8 Å². The molecule has 130 valence electrons. The molecule has 7 heteroatoms. The Morgan fingerprint density at radius 3 is 2.58 bits per heavy atom. The maximum atomic E-state index is 12.2. The number of rotatable bonds is 5. The Bertz CT molecular complexity index is 1010. The predicted molar refractivity (Wildman–Crippen MR) is 102 cm³/mol. The summed E-state index contributed by atoms with van der Waals surface area (Å²) >= 11 is 7.45. The molecule has 1 aromatic heterocycles. The smallest absolute Gasteiger partial charge is 0.350 e. The van der Waals surface area contributed by atoms with E-state index in [1.165, 1.54) is 11.3 Å². The fourth-order valence-corrected chi connectivity index (χ4v) is 3.74. The minimum absolute atomic E-state index is 0.279. The summed E-state index contributed by atoms with van der Waals surface area (Å²) in [6, 6.07) is 16.3. The van der Waals surface area contributed by atoms with Crippen LogP contribution in [0.2, 0.25) is 5.02 Å². The molecule has 3 rings (SSSR count). The van der Waals surface area contributed by atoms with Crippen molar-refractivity contribution in [3.05, 3.63) is 64.0 Å². The third-order valence-electron chi connectivity index (χ3n) is 3.58. The van der Waals surface area contributed by atoms with Gasteiger partial charge in [-0.25, -0.2) is 4.79 Å². The zero-order chi connectivity index (χ0) is 18.5. The summed E-state index contributed by atoms with van der Waals surface area (Å²) in [4.78, 5) is 24.4. The quantitative estimate of drug-likeness (QED) is 0.660. The Morgan fingerprint density at radius 1 is 1.15 bits per heavy atom. The van der Waals surface area contributed by atoms with Gasteiger partial charge in [-0.2, -0.15) is 5.26 Å². The highest BCUT2D eigenvalue weighted by Crippen LogP contribution is 2.35. The van der Waals surface area contributed by atoms with Gasteiger partial charge < -0.3 is 10.1 Å². The minimum atomic E-state index is -0.629. The van der Waals surface area contributed by atoms with Gasteiger partial charge in [-0.3, -0.25) is 4.79 Å². The topological polar surface area (TPSA) is 79.2 Å². The number of carbonyl (C=O) groups is 2. The van der Waals surface area contributed by atoms with Crippen molar-refractivity contribution >= 4 is 50.6 Å². The number of anilines is 1. The zero-order valence-corrected chi connectivity index (χ0v) is 15.1. The first-order valence-electron chi connectivity index (χ1n) is 7.68. The molecule has 5 nitrogen and oxygen atoms in total. The highest BCUT2D eigenvalue weighted by molar-refractivity contribution is 7.21. The van der Waals surface area contributed by atoms with Gasteiger partial charge in [-0.05, 0) is 23.8 Å². The number of thiophene rings is 1. The van der Waals surface area contributed by atoms with Crippen LogP contribution in [0, 0.1) is 11.3 Å². The highest BCUT2D eigenvalue weighted by Gasteiger charge is 2.19. The number of benzene rings is 2. The van der Waals surface area contributed by atoms with E-state index >= 15 is 0 Å². The second-order valence-electron chi connectivity index (χ2n) is 5.40. The number of hydrogen-bond donors (Lipinski definition) is 1. The SMILES string of the molecule is N#CCc1ccc(NC(=O)COC(=O)c2sc3ccccc3c2Cl)cc1. The number of esters is 1. The van der Waals surface area contributed by atoms with E-state index in [4.69, 9.17) is 21.6 Å². The summed E-state index contributed by atoms with van der Waals surface area (Å²) < 4.78 is 5.95. The molecule has 26 heavy (non-hydrogen) atoms. The van der Waals surface area contributed by atoms with Crippen LogP contribution in [-0.2, 0) is 16.0 Å². The van der Waals surface area contributed by atoms with Crippen LogP contribution in [0.25, 0.3) is 10.1 Å². The van der Waals surface area contributed by atoms with E-state index in [1.807, 2.05) is 24.3 Å². The Labute approximate surface area is 158 Å². The molecule has 0 saturated heterocycles. The summed E-state index contributed by atoms with van der Waals surface area (Å²) in [5, 5.41) is 12.4. The van der Waals surface area contributed by atoms with Crippen LogP contribution >= 0.6 is 22.9 Å². The summed E-state index contributed by atoms with van der Waals surface area (Å²) in [5.41, 5.74) is 1.42. The molecule has 0 unspecified atom stereocenters. The lowest BCUT2D eigenvalue weighted by atomic mass is 10.1. The van der Waals surface area contributed by atoms with Gasteiger partial charge in [-0.15, -0.1) is 11.3 Å². The summed E-state index contributed by atoms with van der Waals surface area (Å²) in [7, 11) is 0. The van der Waals surface area contributed by atoms with Crippen molar-refractivity contribution in [1.82, 2.24) is 0 Å². The number of nitrogens with one attached hydrogen (secondary N) is 1. The molecule has 0 spiro atoms. The standard InChI is InChI=1S/C19H13ClN2O3S/c20-17-14-3-1-2-4-15(14)26-18(17)19(24)25-11-16(23)22-13-7-5-12(6-8-13)9-10-21/h1-8H,9,11H2,(H,22,23). The molecule has 2 aromatic carbocycles. The molecule has 1 amide bonds. The van der Waals surface area contributed by atoms with E-state index in [0.717, 1.165) is 15.6 Å². The molecule has 3 aromatic rings. The fourth-order valence-electron chi connectivity index (χ4n) is 2.34. The lowest BCUT2D eigenvalue weighted by molar-refractivity contribution is -0.119. The number of halogens is 1. The number of fused-ring (bicyclic) bond motifs is 1. The molecule has 0 aliphatic heterocycles. The Morgan fingerprint density at radius 2 is 1.88 bits per heavy atom. The number of carbonyl (C=O) groups excluding carboxylic acids is 2. The van der Waals surface area contributed by atoms with E-state index in [2.05, 4.69) is 11.4 Å². The Kier molecular flexibility index (Phi) is 5.52. The number of amides is 1. The third kappa shape index (κ3) is 4.02. The lowest BCUT2D eigenvalue weighted by Gasteiger charge is -2.06. The predicted octanol–water partition coefficient (Wildman–Crippen LogP) is 4.42. The largest absolute Gasteiger partial charge is 0.451 e. The van der Waals surface area contributed by atoms with Crippen molar-refractivity contribution in [2.45, 2.75) is 6.42 Å². The van der Waals surface area contributed by atoms with Crippen molar-refractivity contribution in [3.8, 4) is 6.07 Å². The van der Waals surface area contributed by atoms with Gasteiger partial charge >= 0.3 is 5.97 Å². The van der Waals surface area contributed by atoms with Gasteiger partial charge in [0.25, 0.3) is 5.91 Å². The second kappa shape index (κ2) is 8.00. The molecule has 1 N–H and O–H groups in total. The van der Waals surface area contributed by atoms with Crippen molar-refractivity contribution in [2.75, 3.05) is 11.9 Å². The van der Waals surface area contributed by atoms with Crippen LogP contribution in [0.1, 0.15) is 15.2 Å². The number of hydrogen-bond acceptors (Lipinski definition) is 5. The van der Waals surface area contributed by atoms with Crippen molar-refractivity contribution in [3.63, 3.8) is 0 Å². The highest BCUT2D eigenvalue weighted by atomic mass is 35.5. The zero-order valence-electron chi connectivity index (χ0n) is 13.5. The van der Waals surface area contributed by atoms with Crippen LogP contribution < -0.4 is 5.32 Å². The van der Waals surface area contributed by atoms with Crippen molar-refractivity contribution in [2.24, 2.45) is 0 Å². The molecule has 0 bridgehead atoms. The second-order valence-corrected chi connectivity index (χ2v) is 6.83. The third-order valence-corrected chi connectivity index (χ3v) is 5.23. The number of nitrogens with zero attached hydrogens (tertiary/aromatic N) is 1. The van der Waals surface area contributed by atoms with E-state index < -0.39 is 18.5 Å². The monoisotopic (exact) mass is 384 g/mol. The maximum absolute atomic E-state index is 12.2. The van der Waals surface area contributed by atoms with Crippen LogP contribution in [0.3, 0.4) is 0 Å². The van der Waals surface area contributed by atoms with E-state index in [9.17, 15) is 9.59 Å². The Hall–Kier alpha value is -2.88. The normalized spacial score (nSPS) is 10.3. The molecule has 0 atom stereocenters. The first-order valence-corrected chi connectivity index (χ1v) is 8.88. The fraction of sp³-hybridized carbons (Fsp3) is 0.105. The Balaban J connectivity index is 1.59. The van der Waals surface area contributed by atoms with Gasteiger partial charge in [0.05, 0.1) is 17.5 Å². The van der Waals surface area contributed by atoms with Gasteiger partial charge in [0.2, 0.25) is 0 Å². The van der Waals surface area contributed by atoms with Crippen molar-refractivity contribution < 1.29 is 14.3 Å². The molecule has 0 radical (unpaired) electrons. The average molecular weight is 385 g/mol.